The van der Waals surface area contributed by atoms with Gasteiger partial charge in [-0.3, -0.25) is 4.79 Å². The van der Waals surface area contributed by atoms with Crippen molar-refractivity contribution in [2.75, 3.05) is 10.6 Å². The first kappa shape index (κ1) is 21.3. The highest BCUT2D eigenvalue weighted by atomic mass is 19.4. The van der Waals surface area contributed by atoms with Gasteiger partial charge in [0.15, 0.2) is 5.82 Å². The Balaban J connectivity index is 1.58. The van der Waals surface area contributed by atoms with Crippen LogP contribution in [0.4, 0.5) is 24.7 Å². The predicted octanol–water partition coefficient (Wildman–Crippen LogP) is 5.82. The first-order chi connectivity index (χ1) is 15.3. The zero-order valence-electron chi connectivity index (χ0n) is 17.1. The molecule has 0 spiro atoms. The maximum atomic E-state index is 12.9. The number of alkyl halides is 3. The van der Waals surface area contributed by atoms with Crippen LogP contribution in [0.25, 0.3) is 10.8 Å². The van der Waals surface area contributed by atoms with Crippen molar-refractivity contribution in [3.63, 3.8) is 0 Å². The van der Waals surface area contributed by atoms with E-state index in [0.717, 1.165) is 28.5 Å². The molecule has 0 atom stereocenters. The summed E-state index contributed by atoms with van der Waals surface area (Å²) in [4.78, 5) is 12.7. The number of aromatic nitrogens is 2. The van der Waals surface area contributed by atoms with Crippen LogP contribution in [-0.4, -0.2) is 16.1 Å². The molecule has 5 nitrogen and oxygen atoms in total. The van der Waals surface area contributed by atoms with Crippen molar-refractivity contribution in [3.8, 4) is 0 Å². The largest absolute Gasteiger partial charge is 0.416 e. The number of aryl methyl sites for hydroxylation is 1. The number of hydrogen-bond acceptors (Lipinski definition) is 4. The summed E-state index contributed by atoms with van der Waals surface area (Å²) in [5, 5.41) is 15.7. The standard InChI is InChI=1S/C24H19F3N4O/c1-15-21-12-17(23(32)29-19-9-5-8-18(13-19)24(25,26)27)10-11-20(21)22(31-30-15)28-14-16-6-3-2-4-7-16/h2-13H,14H2,1H3,(H,28,31)(H,29,32). The van der Waals surface area contributed by atoms with Crippen LogP contribution in [0.5, 0.6) is 0 Å². The summed E-state index contributed by atoms with van der Waals surface area (Å²) in [6, 6.07) is 19.4. The molecule has 1 heterocycles. The Labute approximate surface area is 182 Å². The molecule has 4 rings (SSSR count). The number of carbonyl (C=O) groups excluding carboxylic acids is 1. The number of anilines is 2. The fourth-order valence-corrected chi connectivity index (χ4v) is 3.31. The molecule has 2 N–H and O–H groups in total. The average molecular weight is 436 g/mol. The highest BCUT2D eigenvalue weighted by molar-refractivity contribution is 6.07. The molecule has 0 bridgehead atoms. The van der Waals surface area contributed by atoms with E-state index in [4.69, 9.17) is 0 Å². The molecule has 1 aromatic heterocycles. The van der Waals surface area contributed by atoms with Crippen molar-refractivity contribution in [3.05, 3.63) is 95.2 Å². The second kappa shape index (κ2) is 8.66. The predicted molar refractivity (Wildman–Crippen MR) is 117 cm³/mol. The van der Waals surface area contributed by atoms with E-state index >= 15 is 0 Å². The van der Waals surface area contributed by atoms with Gasteiger partial charge >= 0.3 is 6.18 Å². The Kier molecular flexibility index (Phi) is 5.77. The van der Waals surface area contributed by atoms with Crippen molar-refractivity contribution < 1.29 is 18.0 Å². The third-order valence-corrected chi connectivity index (χ3v) is 4.98. The van der Waals surface area contributed by atoms with E-state index in [1.54, 1.807) is 25.1 Å². The maximum Gasteiger partial charge on any atom is 0.416 e. The molecular formula is C24H19F3N4O. The summed E-state index contributed by atoms with van der Waals surface area (Å²) in [6.45, 7) is 2.34. The lowest BCUT2D eigenvalue weighted by atomic mass is 10.1. The number of carbonyl (C=O) groups is 1. The van der Waals surface area contributed by atoms with Gasteiger partial charge in [-0.05, 0) is 48.9 Å². The maximum absolute atomic E-state index is 12.9. The molecular weight excluding hydrogens is 417 g/mol. The van der Waals surface area contributed by atoms with E-state index < -0.39 is 17.6 Å². The molecule has 0 aliphatic carbocycles. The molecule has 0 unspecified atom stereocenters. The summed E-state index contributed by atoms with van der Waals surface area (Å²) >= 11 is 0. The number of fused-ring (bicyclic) bond motifs is 1. The Morgan fingerprint density at radius 1 is 0.906 bits per heavy atom. The van der Waals surface area contributed by atoms with Gasteiger partial charge in [0, 0.05) is 28.6 Å². The van der Waals surface area contributed by atoms with E-state index in [9.17, 15) is 18.0 Å². The van der Waals surface area contributed by atoms with Crippen LogP contribution in [0.1, 0.15) is 27.2 Å². The number of rotatable bonds is 5. The van der Waals surface area contributed by atoms with Gasteiger partial charge in [0.2, 0.25) is 0 Å². The van der Waals surface area contributed by atoms with Crippen molar-refractivity contribution in [2.24, 2.45) is 0 Å². The minimum Gasteiger partial charge on any atom is -0.364 e. The van der Waals surface area contributed by atoms with Gasteiger partial charge in [0.25, 0.3) is 5.91 Å². The Bertz CT molecular complexity index is 1270. The van der Waals surface area contributed by atoms with Gasteiger partial charge in [-0.15, -0.1) is 5.10 Å². The van der Waals surface area contributed by atoms with Gasteiger partial charge in [-0.1, -0.05) is 36.4 Å². The first-order valence-corrected chi connectivity index (χ1v) is 9.85. The lowest BCUT2D eigenvalue weighted by Crippen LogP contribution is -2.13. The Morgan fingerprint density at radius 2 is 1.69 bits per heavy atom. The Morgan fingerprint density at radius 3 is 2.44 bits per heavy atom. The molecule has 0 fully saturated rings. The van der Waals surface area contributed by atoms with Crippen molar-refractivity contribution in [1.29, 1.82) is 0 Å². The minimum absolute atomic E-state index is 0.0692. The van der Waals surface area contributed by atoms with Crippen LogP contribution < -0.4 is 10.6 Å². The summed E-state index contributed by atoms with van der Waals surface area (Å²) in [5.74, 6) is 0.0699. The van der Waals surface area contributed by atoms with E-state index in [1.165, 1.54) is 12.1 Å². The number of nitrogens with zero attached hydrogens (tertiary/aromatic N) is 2. The van der Waals surface area contributed by atoms with Crippen molar-refractivity contribution in [2.45, 2.75) is 19.6 Å². The van der Waals surface area contributed by atoms with Crippen molar-refractivity contribution >= 4 is 28.2 Å². The molecule has 0 aliphatic rings. The normalized spacial score (nSPS) is 11.4. The molecule has 1 amide bonds. The third kappa shape index (κ3) is 4.69. The van der Waals surface area contributed by atoms with Gasteiger partial charge in [-0.2, -0.15) is 18.3 Å². The van der Waals surface area contributed by atoms with Crippen LogP contribution in [0.3, 0.4) is 0 Å². The second-order valence-electron chi connectivity index (χ2n) is 7.27. The highest BCUT2D eigenvalue weighted by Gasteiger charge is 2.30. The van der Waals surface area contributed by atoms with E-state index in [0.29, 0.717) is 23.6 Å². The molecule has 3 aromatic carbocycles. The molecule has 0 aliphatic heterocycles. The van der Waals surface area contributed by atoms with Crippen LogP contribution in [0, 0.1) is 6.92 Å². The molecule has 4 aromatic rings. The second-order valence-corrected chi connectivity index (χ2v) is 7.27. The monoisotopic (exact) mass is 436 g/mol. The quantitative estimate of drug-likeness (QED) is 0.414. The smallest absolute Gasteiger partial charge is 0.364 e. The van der Waals surface area contributed by atoms with E-state index in [-0.39, 0.29) is 5.69 Å². The summed E-state index contributed by atoms with van der Waals surface area (Å²) < 4.78 is 38.8. The fraction of sp³-hybridized carbons (Fsp3) is 0.125. The zero-order valence-corrected chi connectivity index (χ0v) is 17.1. The number of benzene rings is 3. The lowest BCUT2D eigenvalue weighted by Gasteiger charge is -2.12. The van der Waals surface area contributed by atoms with Gasteiger partial charge in [0.05, 0.1) is 11.3 Å². The van der Waals surface area contributed by atoms with Gasteiger partial charge in [-0.25, -0.2) is 0 Å². The van der Waals surface area contributed by atoms with Gasteiger partial charge < -0.3 is 10.6 Å². The highest BCUT2D eigenvalue weighted by Crippen LogP contribution is 2.31. The fourth-order valence-electron chi connectivity index (χ4n) is 3.31. The number of nitrogens with one attached hydrogen (secondary N) is 2. The van der Waals surface area contributed by atoms with E-state index in [1.807, 2.05) is 30.3 Å². The number of amides is 1. The minimum atomic E-state index is -4.48. The molecule has 0 radical (unpaired) electrons. The summed E-state index contributed by atoms with van der Waals surface area (Å²) in [7, 11) is 0. The molecule has 162 valence electrons. The lowest BCUT2D eigenvalue weighted by molar-refractivity contribution is -0.137. The van der Waals surface area contributed by atoms with Gasteiger partial charge in [0.1, 0.15) is 0 Å². The number of halogens is 3. The SMILES string of the molecule is Cc1nnc(NCc2ccccc2)c2ccc(C(=O)Nc3cccc(C(F)(F)F)c3)cc12. The summed E-state index contributed by atoms with van der Waals surface area (Å²) in [5.41, 5.74) is 1.27. The van der Waals surface area contributed by atoms with Crippen LogP contribution >= 0.6 is 0 Å². The third-order valence-electron chi connectivity index (χ3n) is 4.98. The van der Waals surface area contributed by atoms with E-state index in [2.05, 4.69) is 20.8 Å². The van der Waals surface area contributed by atoms with Crippen LogP contribution in [0.15, 0.2) is 72.8 Å². The Hall–Kier alpha value is -3.94. The molecule has 0 saturated heterocycles. The number of hydrogen-bond donors (Lipinski definition) is 2. The van der Waals surface area contributed by atoms with Crippen molar-refractivity contribution in [1.82, 2.24) is 10.2 Å². The molecule has 32 heavy (non-hydrogen) atoms. The van der Waals surface area contributed by atoms with Crippen LogP contribution in [0.2, 0.25) is 0 Å². The van der Waals surface area contributed by atoms with Crippen LogP contribution in [-0.2, 0) is 12.7 Å². The first-order valence-electron chi connectivity index (χ1n) is 9.85. The summed E-state index contributed by atoms with van der Waals surface area (Å²) in [6.07, 6.45) is -4.48. The molecule has 0 saturated carbocycles. The molecule has 8 heteroatoms. The topological polar surface area (TPSA) is 66.9 Å². The zero-order chi connectivity index (χ0) is 22.7. The average Bonchev–Trinajstić information content (AvgIpc) is 2.79.